The Balaban J connectivity index is 1.76. The monoisotopic (exact) mass is 612 g/mol. The first-order valence-corrected chi connectivity index (χ1v) is 16.1. The van der Waals surface area contributed by atoms with Gasteiger partial charge in [-0.25, -0.2) is 13.4 Å². The van der Waals surface area contributed by atoms with Gasteiger partial charge in [0.15, 0.2) is 0 Å². The summed E-state index contributed by atoms with van der Waals surface area (Å²) in [6.07, 6.45) is 0.663. The lowest BCUT2D eigenvalue weighted by Crippen LogP contribution is -2.52. The van der Waals surface area contributed by atoms with Gasteiger partial charge in [-0.2, -0.15) is 0 Å². The number of benzene rings is 3. The molecule has 1 fully saturated rings. The average Bonchev–Trinajstić information content (AvgIpc) is 2.98. The topological polar surface area (TPSA) is 137 Å². The summed E-state index contributed by atoms with van der Waals surface area (Å²) >= 11 is 1.61. The number of piperazine rings is 1. The van der Waals surface area contributed by atoms with Crippen molar-refractivity contribution in [3.05, 3.63) is 94.0 Å². The van der Waals surface area contributed by atoms with Crippen LogP contribution in [0.25, 0.3) is 0 Å². The van der Waals surface area contributed by atoms with Crippen LogP contribution in [0.4, 0.5) is 11.4 Å². The molecule has 1 saturated heterocycles. The van der Waals surface area contributed by atoms with Crippen molar-refractivity contribution in [1.29, 1.82) is 0 Å². The van der Waals surface area contributed by atoms with Crippen LogP contribution < -0.4 is 15.5 Å². The maximum absolute atomic E-state index is 13.8. The first-order valence-electron chi connectivity index (χ1n) is 13.6. The van der Waals surface area contributed by atoms with E-state index >= 15 is 0 Å². The Morgan fingerprint density at radius 2 is 1.69 bits per heavy atom. The Morgan fingerprint density at radius 1 is 1.05 bits per heavy atom. The van der Waals surface area contributed by atoms with E-state index in [9.17, 15) is 23.3 Å². The molecule has 4 rings (SSSR count). The van der Waals surface area contributed by atoms with Crippen LogP contribution in [-0.2, 0) is 10.0 Å². The molecule has 0 unspecified atom stereocenters. The van der Waals surface area contributed by atoms with Gasteiger partial charge < -0.3 is 15.5 Å². The van der Waals surface area contributed by atoms with Crippen LogP contribution in [0.15, 0.2) is 82.6 Å². The zero-order chi connectivity index (χ0) is 30.1. The van der Waals surface area contributed by atoms with Gasteiger partial charge in [0.05, 0.1) is 4.92 Å². The van der Waals surface area contributed by atoms with Gasteiger partial charge in [0.2, 0.25) is 5.78 Å². The van der Waals surface area contributed by atoms with Gasteiger partial charge in [-0.15, -0.1) is 16.6 Å². The van der Waals surface area contributed by atoms with Gasteiger partial charge in [0.1, 0.15) is 16.1 Å². The number of ketones is 1. The molecule has 1 aliphatic rings. The summed E-state index contributed by atoms with van der Waals surface area (Å²) < 4.78 is 27.2. The Kier molecular flexibility index (Phi) is 11.1. The second-order valence-corrected chi connectivity index (χ2v) is 12.9. The average molecular weight is 613 g/mol. The van der Waals surface area contributed by atoms with Gasteiger partial charge in [-0.05, 0) is 51.3 Å². The summed E-state index contributed by atoms with van der Waals surface area (Å²) in [7, 11) is -0.428. The highest BCUT2D eigenvalue weighted by Gasteiger charge is 2.35. The molecule has 1 atom stereocenters. The summed E-state index contributed by atoms with van der Waals surface area (Å²) in [5.74, 6) is -0.142. The highest BCUT2D eigenvalue weighted by Crippen LogP contribution is 2.36. The van der Waals surface area contributed by atoms with Crippen LogP contribution in [0, 0.1) is 10.1 Å². The molecule has 11 nitrogen and oxygen atoms in total. The summed E-state index contributed by atoms with van der Waals surface area (Å²) in [6.45, 7) is 2.70. The zero-order valence-electron chi connectivity index (χ0n) is 23.7. The number of anilines is 1. The van der Waals surface area contributed by atoms with Gasteiger partial charge in [-0.3, -0.25) is 14.9 Å². The fraction of sp³-hybridized carbons (Fsp3) is 0.345. The van der Waals surface area contributed by atoms with E-state index in [0.717, 1.165) is 11.4 Å². The largest absolute Gasteiger partial charge is 0.376 e. The number of carbonyl (C=O) groups is 1. The molecule has 224 valence electrons. The molecule has 0 radical (unpaired) electrons. The van der Waals surface area contributed by atoms with Crippen molar-refractivity contribution in [2.45, 2.75) is 22.3 Å². The molecule has 0 spiro atoms. The summed E-state index contributed by atoms with van der Waals surface area (Å²) in [5.41, 5.74) is -0.787. The number of nitrogens with one attached hydrogen (secondary N) is 3. The number of sulfonamides is 1. The number of hydrazine groups is 1. The molecule has 1 aliphatic heterocycles. The van der Waals surface area contributed by atoms with Gasteiger partial charge >= 0.3 is 5.69 Å². The fourth-order valence-electron chi connectivity index (χ4n) is 4.58. The van der Waals surface area contributed by atoms with Crippen molar-refractivity contribution in [1.82, 2.24) is 20.1 Å². The zero-order valence-corrected chi connectivity index (χ0v) is 25.3. The first-order chi connectivity index (χ1) is 20.2. The molecule has 3 aromatic carbocycles. The van der Waals surface area contributed by atoms with Crippen molar-refractivity contribution in [2.75, 3.05) is 57.9 Å². The van der Waals surface area contributed by atoms with Gasteiger partial charge in [0.25, 0.3) is 10.0 Å². The van der Waals surface area contributed by atoms with E-state index in [1.165, 1.54) is 29.3 Å². The molecule has 13 heteroatoms. The van der Waals surface area contributed by atoms with Crippen LogP contribution in [0.5, 0.6) is 0 Å². The molecule has 0 amide bonds. The third-order valence-corrected chi connectivity index (χ3v) is 9.31. The van der Waals surface area contributed by atoms with E-state index in [1.54, 1.807) is 30.0 Å². The van der Waals surface area contributed by atoms with Crippen molar-refractivity contribution < 1.29 is 18.1 Å². The molecule has 3 aromatic rings. The fourth-order valence-corrected chi connectivity index (χ4v) is 6.90. The molecule has 0 aliphatic carbocycles. The lowest BCUT2D eigenvalue weighted by molar-refractivity contribution is -0.384. The van der Waals surface area contributed by atoms with E-state index in [-0.39, 0.29) is 17.3 Å². The quantitative estimate of drug-likeness (QED) is 0.107. The van der Waals surface area contributed by atoms with Crippen molar-refractivity contribution >= 4 is 38.9 Å². The molecule has 42 heavy (non-hydrogen) atoms. The number of thioether (sulfide) groups is 1. The van der Waals surface area contributed by atoms with E-state index < -0.39 is 36.9 Å². The van der Waals surface area contributed by atoms with Gasteiger partial charge in [0, 0.05) is 48.4 Å². The van der Waals surface area contributed by atoms with E-state index in [4.69, 9.17) is 0 Å². The normalized spacial score (nSPS) is 14.9. The molecular weight excluding hydrogens is 576 g/mol. The highest BCUT2D eigenvalue weighted by molar-refractivity contribution is 7.99. The number of hydrogen-bond acceptors (Lipinski definition) is 10. The van der Waals surface area contributed by atoms with Crippen molar-refractivity contribution in [3.63, 3.8) is 0 Å². The molecule has 0 saturated carbocycles. The predicted octanol–water partition coefficient (Wildman–Crippen LogP) is 3.45. The van der Waals surface area contributed by atoms with Crippen LogP contribution >= 0.6 is 11.8 Å². The van der Waals surface area contributed by atoms with Crippen LogP contribution in [0.2, 0.25) is 0 Å². The maximum atomic E-state index is 13.8. The van der Waals surface area contributed by atoms with E-state index in [0.29, 0.717) is 38.4 Å². The second-order valence-electron chi connectivity index (χ2n) is 10.2. The lowest BCUT2D eigenvalue weighted by Gasteiger charge is -2.27. The highest BCUT2D eigenvalue weighted by atomic mass is 32.2. The van der Waals surface area contributed by atoms with Crippen LogP contribution in [0.1, 0.15) is 22.3 Å². The van der Waals surface area contributed by atoms with E-state index in [2.05, 4.69) is 15.5 Å². The Labute approximate surface area is 250 Å². The number of nitro groups is 1. The second kappa shape index (κ2) is 14.7. The minimum atomic E-state index is -4.33. The smallest absolute Gasteiger partial charge is 0.304 e. The third-order valence-electron chi connectivity index (χ3n) is 6.72. The Hall–Kier alpha value is -3.33. The minimum absolute atomic E-state index is 0.0952. The SMILES string of the molecule is CN(C)CC[C@H](CSc1ccccc1)Nc1ccc(S(=O)(=O)NN2CCNCC2)c(C(=O)c2ccccc2)c1[N+](=O)[O-]. The molecule has 0 aromatic heterocycles. The molecule has 1 heterocycles. The Bertz CT molecular complexity index is 1470. The number of nitro benzene ring substituents is 1. The summed E-state index contributed by atoms with van der Waals surface area (Å²) in [4.78, 5) is 31.0. The summed E-state index contributed by atoms with van der Waals surface area (Å²) in [6, 6.07) is 20.3. The van der Waals surface area contributed by atoms with Crippen molar-refractivity contribution in [3.8, 4) is 0 Å². The minimum Gasteiger partial charge on any atom is -0.376 e. The van der Waals surface area contributed by atoms with E-state index in [1.807, 2.05) is 49.3 Å². The van der Waals surface area contributed by atoms with Gasteiger partial charge in [-0.1, -0.05) is 48.5 Å². The molecule has 0 bridgehead atoms. The van der Waals surface area contributed by atoms with Crippen LogP contribution in [0.3, 0.4) is 0 Å². The third kappa shape index (κ3) is 8.37. The molecular formula is C29H36N6O5S2. The lowest BCUT2D eigenvalue weighted by atomic mass is 10.00. The number of rotatable bonds is 14. The molecule has 3 N–H and O–H groups in total. The number of carbonyl (C=O) groups excluding carboxylic acids is 1. The Morgan fingerprint density at radius 3 is 2.31 bits per heavy atom. The number of nitrogens with zero attached hydrogens (tertiary/aromatic N) is 3. The maximum Gasteiger partial charge on any atom is 0.304 e. The summed E-state index contributed by atoms with van der Waals surface area (Å²) in [5, 5.41) is 20.6. The van der Waals surface area contributed by atoms with Crippen LogP contribution in [-0.4, -0.2) is 87.6 Å². The predicted molar refractivity (Wildman–Crippen MR) is 165 cm³/mol. The first kappa shape index (κ1) is 31.6. The standard InChI is InChI=1S/C29H36N6O5S2/c1-33(2)18-15-23(21-41-24-11-7-4-8-12-24)31-25-13-14-26(42(39,40)32-34-19-16-30-17-20-34)27(28(25)35(37)38)29(36)22-9-5-3-6-10-22/h3-14,23,30-32H,15-21H2,1-2H3/t23-/m1/s1. The number of hydrogen-bond donors (Lipinski definition) is 3. The van der Waals surface area contributed by atoms with Crippen molar-refractivity contribution in [2.24, 2.45) is 0 Å².